The monoisotopic (exact) mass is 1260 g/mol. The number of ether oxygens (including phenoxy) is 2. The van der Waals surface area contributed by atoms with E-state index in [1.807, 2.05) is 29.2 Å². The van der Waals surface area contributed by atoms with Crippen LogP contribution in [-0.4, -0.2) is 133 Å². The zero-order valence-corrected chi connectivity index (χ0v) is 49.7. The number of piperazine rings is 1. The van der Waals surface area contributed by atoms with Crippen molar-refractivity contribution in [3.63, 3.8) is 0 Å². The van der Waals surface area contributed by atoms with Crippen LogP contribution in [0.25, 0.3) is 50.8 Å². The van der Waals surface area contributed by atoms with E-state index < -0.39 is 17.5 Å². The van der Waals surface area contributed by atoms with E-state index in [1.165, 1.54) is 77.0 Å². The summed E-state index contributed by atoms with van der Waals surface area (Å²) in [5, 5.41) is 55.3. The Hall–Kier alpha value is -12.1. The predicted octanol–water partition coefficient (Wildman–Crippen LogP) is 5.70. The highest BCUT2D eigenvalue weighted by atomic mass is 19.1. The topological polar surface area (TPSA) is 334 Å². The van der Waals surface area contributed by atoms with Gasteiger partial charge in [-0.05, 0) is 61.0 Å². The van der Waals surface area contributed by atoms with E-state index in [9.17, 15) is 52.9 Å². The molecule has 5 aliphatic rings. The summed E-state index contributed by atoms with van der Waals surface area (Å²) in [7, 11) is 3.35. The standard InChI is InChI=1S/C24H23FN6O3.C21H16FN7O2.C19H13FN6O2/c1-33-19-6-8-30(13-20(19)34-2)21-7-9-31(29-21)18-10-16(28-17-12-27-24(32)23(17)18)22-14(11-26)4-3-5-15(22)25;22-13-3-1-2-12(9-23)19(13)14-8-16(20-15(26-14)10-25-21(20)31)29-6-4-17(27-29)28-7-5-24-18(30)11-28;1-10(27)23-16-5-6-26(25-16)15-7-13(24-14-9-22-19(28)18(14)15)17-11(8-21)3-2-4-12(17)20/h3-5,7,9-10,19-20H,6,8,12-13H2,1-2H3,(H,27,32);1-4,6,8H,5,7,10-11H2,(H,24,30)(H,25,31);2-7H,9H2,1H3,(H,22,28)(H,23,25,27)/t19-,20+;;/m1../s1. The van der Waals surface area contributed by atoms with Gasteiger partial charge in [0.2, 0.25) is 11.8 Å². The molecular weight excluding hydrogens is 1200 g/mol. The number of hydrogen-bond acceptors (Lipinski definition) is 18. The normalized spacial score (nSPS) is 15.9. The van der Waals surface area contributed by atoms with Crippen molar-refractivity contribution in [2.24, 2.45) is 0 Å². The first-order valence-electron chi connectivity index (χ1n) is 28.9. The summed E-state index contributed by atoms with van der Waals surface area (Å²) in [4.78, 5) is 77.6. The summed E-state index contributed by atoms with van der Waals surface area (Å²) in [5.74, 6) is -1.36. The van der Waals surface area contributed by atoms with E-state index in [4.69, 9.17) is 14.6 Å². The SMILES string of the molecule is CC(=O)Nc1ccn(-c2cc(-c3c(F)cccc3C#N)nc3c2C(=O)NC3)n1.CO[C@H]1CN(c2ccn(-c3cc(-c4c(F)cccc4C#N)nc4c3C(=O)NC4)n2)CC[C@H]1OC.N#Cc1cccc(F)c1-c1cc(-n2ccc(N3CCNC(=O)C3)n2)c2c(n1)CNC2=O. The molecule has 2 saturated heterocycles. The summed E-state index contributed by atoms with van der Waals surface area (Å²) in [5.41, 5.74) is 5.14. The lowest BCUT2D eigenvalue weighted by atomic mass is 10.0. The van der Waals surface area contributed by atoms with Crippen LogP contribution < -0.4 is 36.4 Å². The maximum atomic E-state index is 14.7. The number of anilines is 3. The molecule has 0 unspecified atom stereocenters. The van der Waals surface area contributed by atoms with Crippen molar-refractivity contribution in [1.29, 1.82) is 15.8 Å². The van der Waals surface area contributed by atoms with Crippen LogP contribution in [0.2, 0.25) is 0 Å². The first kappa shape index (κ1) is 61.1. The van der Waals surface area contributed by atoms with Crippen molar-refractivity contribution in [3.8, 4) is 69.0 Å². The van der Waals surface area contributed by atoms with Crippen molar-refractivity contribution in [1.82, 2.24) is 65.6 Å². The van der Waals surface area contributed by atoms with Gasteiger partial charge < -0.3 is 45.9 Å². The van der Waals surface area contributed by atoms with Gasteiger partial charge in [0.25, 0.3) is 17.7 Å². The molecule has 93 heavy (non-hydrogen) atoms. The van der Waals surface area contributed by atoms with Gasteiger partial charge in [-0.15, -0.1) is 0 Å². The van der Waals surface area contributed by atoms with Crippen LogP contribution in [0.3, 0.4) is 0 Å². The van der Waals surface area contributed by atoms with Gasteiger partial charge >= 0.3 is 0 Å². The minimum absolute atomic E-state index is 0.0214. The molecule has 0 saturated carbocycles. The first-order valence-corrected chi connectivity index (χ1v) is 28.9. The van der Waals surface area contributed by atoms with E-state index in [0.29, 0.717) is 82.1 Å². The van der Waals surface area contributed by atoms with Gasteiger partial charge in [-0.2, -0.15) is 31.1 Å². The molecule has 0 spiro atoms. The van der Waals surface area contributed by atoms with Gasteiger partial charge in [-0.3, -0.25) is 24.0 Å². The molecule has 26 nitrogen and oxygen atoms in total. The number of benzene rings is 3. The molecule has 5 aliphatic heterocycles. The van der Waals surface area contributed by atoms with E-state index in [1.54, 1.807) is 61.8 Å². The van der Waals surface area contributed by atoms with Gasteiger partial charge in [0.05, 0.1) is 152 Å². The molecule has 3 aromatic carbocycles. The second kappa shape index (κ2) is 25.8. The number of nitriles is 3. The molecule has 11 heterocycles. The lowest BCUT2D eigenvalue weighted by Crippen LogP contribution is -2.48. The number of hydrogen-bond donors (Lipinski definition) is 5. The number of amides is 5. The largest absolute Gasteiger partial charge is 0.379 e. The van der Waals surface area contributed by atoms with Crippen molar-refractivity contribution >= 4 is 47.0 Å². The summed E-state index contributed by atoms with van der Waals surface area (Å²) >= 11 is 0. The number of pyridine rings is 3. The number of fused-ring (bicyclic) bond motifs is 3. The summed E-state index contributed by atoms with van der Waals surface area (Å²) in [6.45, 7) is 4.66. The van der Waals surface area contributed by atoms with Crippen molar-refractivity contribution < 1.29 is 46.6 Å². The quantitative estimate of drug-likeness (QED) is 0.104. The third-order valence-electron chi connectivity index (χ3n) is 15.9. The number of nitrogens with zero attached hydrogens (tertiary/aromatic N) is 14. The Morgan fingerprint density at radius 3 is 1.38 bits per heavy atom. The highest BCUT2D eigenvalue weighted by molar-refractivity contribution is 6.03. The number of nitrogens with one attached hydrogen (secondary N) is 5. The van der Waals surface area contributed by atoms with Crippen molar-refractivity contribution in [3.05, 3.63) is 178 Å². The zero-order chi connectivity index (χ0) is 65.2. The maximum Gasteiger partial charge on any atom is 0.255 e. The van der Waals surface area contributed by atoms with E-state index in [2.05, 4.69) is 56.6 Å². The molecular formula is C64H52F3N19O7. The average Bonchev–Trinajstić information content (AvgIpc) is 1.74. The fourth-order valence-electron chi connectivity index (χ4n) is 11.6. The third kappa shape index (κ3) is 12.0. The van der Waals surface area contributed by atoms with E-state index >= 15 is 0 Å². The second-order valence-corrected chi connectivity index (χ2v) is 21.5. The number of piperidine rings is 1. The van der Waals surface area contributed by atoms with Gasteiger partial charge in [0.1, 0.15) is 23.6 Å². The maximum absolute atomic E-state index is 14.7. The van der Waals surface area contributed by atoms with Crippen LogP contribution in [0.1, 0.15) is 78.2 Å². The molecule has 5 N–H and O–H groups in total. The van der Waals surface area contributed by atoms with Crippen molar-refractivity contribution in [2.45, 2.75) is 45.2 Å². The molecule has 0 aliphatic carbocycles. The number of aromatic nitrogens is 9. The lowest BCUT2D eigenvalue weighted by Gasteiger charge is -2.37. The number of halogens is 3. The average molecular weight is 1260 g/mol. The Morgan fingerprint density at radius 1 is 0.548 bits per heavy atom. The summed E-state index contributed by atoms with van der Waals surface area (Å²) in [6, 6.07) is 28.6. The van der Waals surface area contributed by atoms with Gasteiger partial charge in [0, 0.05) is 84.1 Å². The number of carbonyl (C=O) groups excluding carboxylic acids is 5. The Morgan fingerprint density at radius 2 is 0.968 bits per heavy atom. The minimum Gasteiger partial charge on any atom is -0.379 e. The van der Waals surface area contributed by atoms with Crippen LogP contribution in [0.15, 0.2) is 110 Å². The van der Waals surface area contributed by atoms with Crippen LogP contribution in [0, 0.1) is 51.4 Å². The highest BCUT2D eigenvalue weighted by Gasteiger charge is 2.34. The van der Waals surface area contributed by atoms with Gasteiger partial charge in [-0.25, -0.2) is 42.2 Å². The molecule has 2 fully saturated rings. The highest BCUT2D eigenvalue weighted by Crippen LogP contribution is 2.36. The first-order chi connectivity index (χ1) is 45.1. The Labute approximate surface area is 526 Å². The van der Waals surface area contributed by atoms with Crippen LogP contribution >= 0.6 is 0 Å². The summed E-state index contributed by atoms with van der Waals surface area (Å²) in [6.07, 6.45) is 5.74. The zero-order valence-electron chi connectivity index (χ0n) is 49.7. The molecule has 2 atom stereocenters. The van der Waals surface area contributed by atoms with Crippen molar-refractivity contribution in [2.75, 3.05) is 62.1 Å². The number of methoxy groups -OCH3 is 2. The van der Waals surface area contributed by atoms with Crippen LogP contribution in [-0.2, 0) is 38.7 Å². The third-order valence-corrected chi connectivity index (χ3v) is 15.9. The fourth-order valence-corrected chi connectivity index (χ4v) is 11.6. The smallest absolute Gasteiger partial charge is 0.255 e. The lowest BCUT2D eigenvalue weighted by molar-refractivity contribution is -0.120. The molecule has 9 aromatic rings. The van der Waals surface area contributed by atoms with Gasteiger partial charge in [0.15, 0.2) is 17.5 Å². The summed E-state index contributed by atoms with van der Waals surface area (Å²) < 4.78 is 59.5. The Bertz CT molecular complexity index is 4680. The minimum atomic E-state index is -0.589. The molecule has 466 valence electrons. The molecule has 5 amide bonds. The van der Waals surface area contributed by atoms with Gasteiger partial charge in [-0.1, -0.05) is 18.2 Å². The second-order valence-electron chi connectivity index (χ2n) is 21.5. The molecule has 29 heteroatoms. The molecule has 0 radical (unpaired) electrons. The molecule has 0 bridgehead atoms. The fraction of sp³-hybridized carbons (Fsp3) is 0.219. The van der Waals surface area contributed by atoms with Crippen LogP contribution in [0.5, 0.6) is 0 Å². The predicted molar refractivity (Wildman–Crippen MR) is 326 cm³/mol. The molecule has 6 aromatic heterocycles. The van der Waals surface area contributed by atoms with Crippen LogP contribution in [0.4, 0.5) is 30.6 Å². The Kier molecular flexibility index (Phi) is 16.9. The number of carbonyl (C=O) groups is 5. The van der Waals surface area contributed by atoms with E-state index in [-0.39, 0.29) is 118 Å². The number of rotatable bonds is 11. The molecule has 14 rings (SSSR count). The Balaban J connectivity index is 0.000000135. The van der Waals surface area contributed by atoms with E-state index in [0.717, 1.165) is 18.8 Å².